The summed E-state index contributed by atoms with van der Waals surface area (Å²) in [6, 6.07) is 1.02. The van der Waals surface area contributed by atoms with Crippen LogP contribution in [-0.4, -0.2) is 54.6 Å². The Morgan fingerprint density at radius 3 is 2.59 bits per heavy atom. The fraction of sp³-hybridized carbons (Fsp3) is 0.684. The number of aromatic nitrogens is 1. The molecule has 164 valence electrons. The average Bonchev–Trinajstić information content (AvgIpc) is 3.09. The van der Waals surface area contributed by atoms with Gasteiger partial charge in [0.1, 0.15) is 6.10 Å². The number of hydrogen-bond acceptors (Lipinski definition) is 5. The molecular formula is C19H27ClF3N3O3. The van der Waals surface area contributed by atoms with Crippen LogP contribution in [0.5, 0.6) is 11.8 Å². The van der Waals surface area contributed by atoms with Crippen LogP contribution in [0.4, 0.5) is 13.2 Å². The van der Waals surface area contributed by atoms with Crippen molar-refractivity contribution in [2.75, 3.05) is 20.7 Å². The van der Waals surface area contributed by atoms with E-state index in [9.17, 15) is 18.0 Å². The molecule has 10 heteroatoms. The number of amides is 1. The fourth-order valence-electron chi connectivity index (χ4n) is 3.71. The van der Waals surface area contributed by atoms with Crippen LogP contribution in [0.3, 0.4) is 0 Å². The van der Waals surface area contributed by atoms with E-state index in [0.717, 1.165) is 19.4 Å². The molecule has 1 amide bonds. The van der Waals surface area contributed by atoms with Gasteiger partial charge in [-0.15, -0.1) is 12.4 Å². The Morgan fingerprint density at radius 2 is 2.00 bits per heavy atom. The lowest BCUT2D eigenvalue weighted by Crippen LogP contribution is -2.41. The molecule has 0 bridgehead atoms. The highest BCUT2D eigenvalue weighted by Crippen LogP contribution is 2.35. The van der Waals surface area contributed by atoms with Crippen LogP contribution in [0.1, 0.15) is 44.1 Å². The first-order valence-corrected chi connectivity index (χ1v) is 9.55. The Kier molecular flexibility index (Phi) is 7.99. The highest BCUT2D eigenvalue weighted by molar-refractivity contribution is 5.85. The van der Waals surface area contributed by atoms with Gasteiger partial charge in [0, 0.05) is 24.9 Å². The summed E-state index contributed by atoms with van der Waals surface area (Å²) in [6.07, 6.45) is 0.972. The molecule has 0 radical (unpaired) electrons. The van der Waals surface area contributed by atoms with Crippen LogP contribution in [0.2, 0.25) is 0 Å². The van der Waals surface area contributed by atoms with Gasteiger partial charge in [-0.3, -0.25) is 9.69 Å². The third-order valence-corrected chi connectivity index (χ3v) is 5.40. The van der Waals surface area contributed by atoms with Crippen molar-refractivity contribution in [1.82, 2.24) is 15.2 Å². The van der Waals surface area contributed by atoms with Gasteiger partial charge in [-0.1, -0.05) is 0 Å². The maximum absolute atomic E-state index is 14.4. The summed E-state index contributed by atoms with van der Waals surface area (Å²) in [4.78, 5) is 18.3. The van der Waals surface area contributed by atoms with Crippen molar-refractivity contribution < 1.29 is 27.4 Å². The Bertz CT molecular complexity index is 713. The van der Waals surface area contributed by atoms with Gasteiger partial charge in [0.05, 0.1) is 13.2 Å². The van der Waals surface area contributed by atoms with E-state index in [2.05, 4.69) is 10.3 Å². The predicted molar refractivity (Wildman–Crippen MR) is 103 cm³/mol. The van der Waals surface area contributed by atoms with Gasteiger partial charge in [-0.05, 0) is 45.3 Å². The van der Waals surface area contributed by atoms with Crippen LogP contribution in [0, 0.1) is 5.82 Å². The smallest absolute Gasteiger partial charge is 0.254 e. The number of ether oxygens (including phenoxy) is 2. The number of nitrogens with zero attached hydrogens (tertiary/aromatic N) is 2. The molecular weight excluding hydrogens is 411 g/mol. The van der Waals surface area contributed by atoms with Crippen molar-refractivity contribution in [3.05, 3.63) is 17.4 Å². The van der Waals surface area contributed by atoms with Gasteiger partial charge >= 0.3 is 0 Å². The normalized spacial score (nSPS) is 22.0. The maximum Gasteiger partial charge on any atom is 0.254 e. The van der Waals surface area contributed by atoms with Gasteiger partial charge in [-0.2, -0.15) is 4.98 Å². The zero-order valence-electron chi connectivity index (χ0n) is 16.6. The quantitative estimate of drug-likeness (QED) is 0.739. The number of likely N-dealkylation sites (tertiary alicyclic amines) is 1. The minimum atomic E-state index is -2.68. The highest BCUT2D eigenvalue weighted by Gasteiger charge is 2.36. The molecule has 2 heterocycles. The Balaban J connectivity index is 0.00000300. The van der Waals surface area contributed by atoms with E-state index in [1.54, 1.807) is 0 Å². The van der Waals surface area contributed by atoms with E-state index in [1.807, 2.05) is 11.9 Å². The van der Waals surface area contributed by atoms with Crippen LogP contribution in [-0.2, 0) is 11.3 Å². The second kappa shape index (κ2) is 9.84. The molecule has 1 aromatic rings. The van der Waals surface area contributed by atoms with Crippen LogP contribution in [0.25, 0.3) is 0 Å². The number of pyridine rings is 1. The number of nitrogens with one attached hydrogen (secondary N) is 1. The Labute approximate surface area is 174 Å². The highest BCUT2D eigenvalue weighted by atomic mass is 35.5. The summed E-state index contributed by atoms with van der Waals surface area (Å²) in [5.74, 6) is -3.64. The number of methoxy groups -OCH3 is 1. The summed E-state index contributed by atoms with van der Waals surface area (Å²) in [5, 5.41) is 2.79. The summed E-state index contributed by atoms with van der Waals surface area (Å²) >= 11 is 0. The van der Waals surface area contributed by atoms with Crippen LogP contribution >= 0.6 is 12.4 Å². The number of carbonyl (C=O) groups is 1. The average molecular weight is 438 g/mol. The predicted octanol–water partition coefficient (Wildman–Crippen LogP) is 3.32. The van der Waals surface area contributed by atoms with Crippen LogP contribution < -0.4 is 14.8 Å². The first kappa shape index (κ1) is 23.5. The molecule has 1 N–H and O–H groups in total. The molecule has 1 unspecified atom stereocenters. The fourth-order valence-corrected chi connectivity index (χ4v) is 3.71. The van der Waals surface area contributed by atoms with Gasteiger partial charge in [0.25, 0.3) is 5.88 Å². The molecule has 0 aromatic carbocycles. The monoisotopic (exact) mass is 437 g/mol. The number of likely N-dealkylation sites (N-methyl/N-ethyl adjacent to an activating group) is 1. The van der Waals surface area contributed by atoms with E-state index in [0.29, 0.717) is 5.56 Å². The molecule has 29 heavy (non-hydrogen) atoms. The molecule has 3 rings (SSSR count). The summed E-state index contributed by atoms with van der Waals surface area (Å²) in [6.45, 7) is 0.947. The standard InChI is InChI=1S/C19H26F3N3O3.ClH/c1-25-9-3-4-15(25)16(26)23-11-12-10-14(20)18(24-17(12)27-2)28-13-5-7-19(21,22)8-6-13;/h10,13,15H,3-9,11H2,1-2H3,(H,23,26);1H. The van der Waals surface area contributed by atoms with Gasteiger partial charge < -0.3 is 14.8 Å². The van der Waals surface area contributed by atoms with Crippen molar-refractivity contribution in [3.8, 4) is 11.8 Å². The van der Waals surface area contributed by atoms with Crippen molar-refractivity contribution in [2.24, 2.45) is 0 Å². The molecule has 2 fully saturated rings. The van der Waals surface area contributed by atoms with E-state index >= 15 is 0 Å². The lowest BCUT2D eigenvalue weighted by atomic mass is 9.94. The number of rotatable bonds is 6. The second-order valence-corrected chi connectivity index (χ2v) is 7.47. The van der Waals surface area contributed by atoms with E-state index < -0.39 is 17.8 Å². The first-order chi connectivity index (χ1) is 13.3. The van der Waals surface area contributed by atoms with E-state index in [4.69, 9.17) is 9.47 Å². The zero-order chi connectivity index (χ0) is 20.3. The van der Waals surface area contributed by atoms with Crippen molar-refractivity contribution in [3.63, 3.8) is 0 Å². The minimum absolute atomic E-state index is 0. The Morgan fingerprint density at radius 1 is 1.31 bits per heavy atom. The summed E-state index contributed by atoms with van der Waals surface area (Å²) in [7, 11) is 3.29. The molecule has 1 aliphatic carbocycles. The number of carbonyl (C=O) groups excluding carboxylic acids is 1. The summed E-state index contributed by atoms with van der Waals surface area (Å²) < 4.78 is 51.7. The Hall–Kier alpha value is -1.74. The maximum atomic E-state index is 14.4. The second-order valence-electron chi connectivity index (χ2n) is 7.47. The molecule has 1 saturated carbocycles. The molecule has 0 spiro atoms. The third kappa shape index (κ3) is 5.88. The summed E-state index contributed by atoms with van der Waals surface area (Å²) in [5.41, 5.74) is 0.386. The number of hydrogen-bond donors (Lipinski definition) is 1. The third-order valence-electron chi connectivity index (χ3n) is 5.40. The molecule has 1 saturated heterocycles. The number of alkyl halides is 2. The van der Waals surface area contributed by atoms with Crippen molar-refractivity contribution >= 4 is 18.3 Å². The van der Waals surface area contributed by atoms with Crippen molar-refractivity contribution in [1.29, 1.82) is 0 Å². The number of halogens is 4. The topological polar surface area (TPSA) is 63.7 Å². The molecule has 2 aliphatic rings. The molecule has 6 nitrogen and oxygen atoms in total. The van der Waals surface area contributed by atoms with Gasteiger partial charge in [0.2, 0.25) is 17.7 Å². The van der Waals surface area contributed by atoms with Crippen molar-refractivity contribution in [2.45, 2.75) is 63.1 Å². The molecule has 1 atom stereocenters. The SMILES string of the molecule is COc1nc(OC2CCC(F)(F)CC2)c(F)cc1CNC(=O)C1CCCN1C.Cl. The molecule has 1 aromatic heterocycles. The minimum Gasteiger partial charge on any atom is -0.481 e. The lowest BCUT2D eigenvalue weighted by Gasteiger charge is -2.28. The van der Waals surface area contributed by atoms with Gasteiger partial charge in [0.15, 0.2) is 5.82 Å². The first-order valence-electron chi connectivity index (χ1n) is 9.55. The largest absolute Gasteiger partial charge is 0.481 e. The van der Waals surface area contributed by atoms with E-state index in [1.165, 1.54) is 13.2 Å². The van der Waals surface area contributed by atoms with Gasteiger partial charge in [-0.25, -0.2) is 13.2 Å². The lowest BCUT2D eigenvalue weighted by molar-refractivity contribution is -0.125. The molecule has 1 aliphatic heterocycles. The zero-order valence-corrected chi connectivity index (χ0v) is 17.4. The van der Waals surface area contributed by atoms with Crippen LogP contribution in [0.15, 0.2) is 6.07 Å². The van der Waals surface area contributed by atoms with E-state index in [-0.39, 0.29) is 68.3 Å².